The zero-order valence-corrected chi connectivity index (χ0v) is 10.9. The van der Waals surface area contributed by atoms with Gasteiger partial charge in [-0.3, -0.25) is 4.68 Å². The van der Waals surface area contributed by atoms with Gasteiger partial charge in [-0.2, -0.15) is 5.10 Å². The predicted molar refractivity (Wildman–Crippen MR) is 72.8 cm³/mol. The number of aryl methyl sites for hydroxylation is 1. The van der Waals surface area contributed by atoms with E-state index in [9.17, 15) is 0 Å². The molecule has 2 aromatic rings. The van der Waals surface area contributed by atoms with Crippen molar-refractivity contribution in [3.8, 4) is 5.75 Å². The van der Waals surface area contributed by atoms with Crippen LogP contribution in [-0.2, 0) is 13.6 Å². The molecule has 0 radical (unpaired) electrons. The van der Waals surface area contributed by atoms with Crippen molar-refractivity contribution in [1.29, 1.82) is 0 Å². The van der Waals surface area contributed by atoms with E-state index >= 15 is 0 Å². The zero-order valence-electron chi connectivity index (χ0n) is 10.9. The van der Waals surface area contributed by atoms with Crippen molar-refractivity contribution in [2.24, 2.45) is 7.05 Å². The monoisotopic (exact) mass is 245 g/mol. The minimum absolute atomic E-state index is 0.771. The smallest absolute Gasteiger partial charge is 0.119 e. The van der Waals surface area contributed by atoms with Crippen molar-refractivity contribution in [2.45, 2.75) is 19.9 Å². The molecule has 4 nitrogen and oxygen atoms in total. The Bertz CT molecular complexity index is 476. The van der Waals surface area contributed by atoms with Crippen LogP contribution in [0.3, 0.4) is 0 Å². The van der Waals surface area contributed by atoms with Crippen molar-refractivity contribution in [2.75, 3.05) is 11.9 Å². The fourth-order valence-electron chi connectivity index (χ4n) is 1.64. The molecule has 0 spiro atoms. The van der Waals surface area contributed by atoms with E-state index in [1.807, 2.05) is 31.6 Å². The Morgan fingerprint density at radius 2 is 2.06 bits per heavy atom. The Balaban J connectivity index is 1.86. The summed E-state index contributed by atoms with van der Waals surface area (Å²) in [5, 5.41) is 7.43. The number of hydrogen-bond acceptors (Lipinski definition) is 3. The summed E-state index contributed by atoms with van der Waals surface area (Å²) in [6.45, 7) is 3.67. The average Bonchev–Trinajstić information content (AvgIpc) is 2.81. The molecule has 1 heterocycles. The Hall–Kier alpha value is -1.97. The number of aromatic nitrogens is 2. The number of rotatable bonds is 6. The standard InChI is InChI=1S/C14H19N3O/c1-3-8-18-14-6-4-12(5-7-14)9-15-13-10-16-17(2)11-13/h4-7,10-11,15H,3,8-9H2,1-2H3. The van der Waals surface area contributed by atoms with Gasteiger partial charge in [0.15, 0.2) is 0 Å². The Kier molecular flexibility index (Phi) is 4.23. The second kappa shape index (κ2) is 6.10. The molecule has 1 N–H and O–H groups in total. The SMILES string of the molecule is CCCOc1ccc(CNc2cnn(C)c2)cc1. The molecular formula is C14H19N3O. The third-order valence-corrected chi connectivity index (χ3v) is 2.60. The van der Waals surface area contributed by atoms with Gasteiger partial charge in [-0.1, -0.05) is 19.1 Å². The maximum absolute atomic E-state index is 5.54. The van der Waals surface area contributed by atoms with E-state index in [2.05, 4.69) is 29.5 Å². The number of hydrogen-bond donors (Lipinski definition) is 1. The largest absolute Gasteiger partial charge is 0.494 e. The topological polar surface area (TPSA) is 39.1 Å². The lowest BCUT2D eigenvalue weighted by molar-refractivity contribution is 0.317. The highest BCUT2D eigenvalue weighted by atomic mass is 16.5. The third kappa shape index (κ3) is 3.52. The first-order chi connectivity index (χ1) is 8.78. The summed E-state index contributed by atoms with van der Waals surface area (Å²) in [5.41, 5.74) is 2.26. The fourth-order valence-corrected chi connectivity index (χ4v) is 1.64. The van der Waals surface area contributed by atoms with Gasteiger partial charge in [0.2, 0.25) is 0 Å². The summed E-state index contributed by atoms with van der Waals surface area (Å²) in [7, 11) is 1.91. The van der Waals surface area contributed by atoms with Gasteiger partial charge < -0.3 is 10.1 Å². The quantitative estimate of drug-likeness (QED) is 0.850. The van der Waals surface area contributed by atoms with Gasteiger partial charge in [0, 0.05) is 19.8 Å². The number of benzene rings is 1. The van der Waals surface area contributed by atoms with Crippen LogP contribution >= 0.6 is 0 Å². The molecule has 1 aromatic heterocycles. The molecule has 0 fully saturated rings. The summed E-state index contributed by atoms with van der Waals surface area (Å²) in [5.74, 6) is 0.932. The predicted octanol–water partition coefficient (Wildman–Crippen LogP) is 2.82. The first kappa shape index (κ1) is 12.5. The van der Waals surface area contributed by atoms with Gasteiger partial charge in [-0.15, -0.1) is 0 Å². The molecule has 2 rings (SSSR count). The maximum Gasteiger partial charge on any atom is 0.119 e. The lowest BCUT2D eigenvalue weighted by atomic mass is 10.2. The lowest BCUT2D eigenvalue weighted by Crippen LogP contribution is -1.99. The second-order valence-corrected chi connectivity index (χ2v) is 4.25. The summed E-state index contributed by atoms with van der Waals surface area (Å²) in [6, 6.07) is 8.18. The molecule has 0 unspecified atom stereocenters. The van der Waals surface area contributed by atoms with Crippen LogP contribution in [0.4, 0.5) is 5.69 Å². The van der Waals surface area contributed by atoms with E-state index in [4.69, 9.17) is 4.74 Å². The van der Waals surface area contributed by atoms with E-state index in [0.717, 1.165) is 31.0 Å². The molecule has 0 aliphatic heterocycles. The summed E-state index contributed by atoms with van der Waals surface area (Å²) < 4.78 is 7.32. The highest BCUT2D eigenvalue weighted by molar-refractivity contribution is 5.39. The molecule has 18 heavy (non-hydrogen) atoms. The summed E-state index contributed by atoms with van der Waals surface area (Å²) >= 11 is 0. The second-order valence-electron chi connectivity index (χ2n) is 4.25. The minimum Gasteiger partial charge on any atom is -0.494 e. The molecule has 0 bridgehead atoms. The van der Waals surface area contributed by atoms with Gasteiger partial charge in [0.1, 0.15) is 5.75 Å². The zero-order chi connectivity index (χ0) is 12.8. The average molecular weight is 245 g/mol. The molecule has 0 amide bonds. The van der Waals surface area contributed by atoms with Crippen LogP contribution in [0.1, 0.15) is 18.9 Å². The first-order valence-corrected chi connectivity index (χ1v) is 6.22. The molecular weight excluding hydrogens is 226 g/mol. The Morgan fingerprint density at radius 3 is 2.67 bits per heavy atom. The van der Waals surface area contributed by atoms with Gasteiger partial charge in [0.25, 0.3) is 0 Å². The van der Waals surface area contributed by atoms with E-state index < -0.39 is 0 Å². The number of nitrogens with one attached hydrogen (secondary N) is 1. The number of ether oxygens (including phenoxy) is 1. The van der Waals surface area contributed by atoms with Crippen molar-refractivity contribution < 1.29 is 4.74 Å². The summed E-state index contributed by atoms with van der Waals surface area (Å²) in [4.78, 5) is 0. The van der Waals surface area contributed by atoms with Gasteiger partial charge in [0.05, 0.1) is 18.5 Å². The third-order valence-electron chi connectivity index (χ3n) is 2.60. The Labute approximate surface area is 108 Å². The highest BCUT2D eigenvalue weighted by Gasteiger charge is 1.97. The van der Waals surface area contributed by atoms with Crippen LogP contribution in [0, 0.1) is 0 Å². The molecule has 1 aromatic carbocycles. The minimum atomic E-state index is 0.771. The van der Waals surface area contributed by atoms with Crippen LogP contribution in [0.5, 0.6) is 5.75 Å². The molecule has 4 heteroatoms. The van der Waals surface area contributed by atoms with Crippen LogP contribution < -0.4 is 10.1 Å². The maximum atomic E-state index is 5.54. The van der Waals surface area contributed by atoms with Crippen molar-refractivity contribution in [3.63, 3.8) is 0 Å². The van der Waals surface area contributed by atoms with E-state index in [1.165, 1.54) is 5.56 Å². The van der Waals surface area contributed by atoms with Crippen LogP contribution in [0.15, 0.2) is 36.7 Å². The molecule has 0 aliphatic rings. The molecule has 0 aliphatic carbocycles. The van der Waals surface area contributed by atoms with Gasteiger partial charge >= 0.3 is 0 Å². The van der Waals surface area contributed by atoms with Crippen LogP contribution in [0.25, 0.3) is 0 Å². The van der Waals surface area contributed by atoms with Gasteiger partial charge in [-0.05, 0) is 24.1 Å². The van der Waals surface area contributed by atoms with E-state index in [0.29, 0.717) is 0 Å². The fraction of sp³-hybridized carbons (Fsp3) is 0.357. The van der Waals surface area contributed by atoms with Gasteiger partial charge in [-0.25, -0.2) is 0 Å². The van der Waals surface area contributed by atoms with Crippen molar-refractivity contribution in [1.82, 2.24) is 9.78 Å². The molecule has 0 saturated carbocycles. The van der Waals surface area contributed by atoms with Crippen LogP contribution in [-0.4, -0.2) is 16.4 Å². The number of nitrogens with zero attached hydrogens (tertiary/aromatic N) is 2. The molecule has 96 valence electrons. The normalized spacial score (nSPS) is 10.3. The van der Waals surface area contributed by atoms with Crippen molar-refractivity contribution in [3.05, 3.63) is 42.2 Å². The van der Waals surface area contributed by atoms with Crippen molar-refractivity contribution >= 4 is 5.69 Å². The summed E-state index contributed by atoms with van der Waals surface area (Å²) in [6.07, 6.45) is 4.81. The number of anilines is 1. The van der Waals surface area contributed by atoms with E-state index in [-0.39, 0.29) is 0 Å². The lowest BCUT2D eigenvalue weighted by Gasteiger charge is -2.06. The van der Waals surface area contributed by atoms with E-state index in [1.54, 1.807) is 4.68 Å². The highest BCUT2D eigenvalue weighted by Crippen LogP contribution is 2.14. The molecule has 0 atom stereocenters. The first-order valence-electron chi connectivity index (χ1n) is 6.22. The molecule has 0 saturated heterocycles. The van der Waals surface area contributed by atoms with Crippen LogP contribution in [0.2, 0.25) is 0 Å². The Morgan fingerprint density at radius 1 is 1.28 bits per heavy atom.